The van der Waals surface area contributed by atoms with Gasteiger partial charge in [-0.05, 0) is 19.1 Å². The molecule has 6 heteroatoms. The molecular weight excluding hydrogens is 320 g/mol. The van der Waals surface area contributed by atoms with Gasteiger partial charge in [0.25, 0.3) is 5.91 Å². The highest BCUT2D eigenvalue weighted by molar-refractivity contribution is 7.09. The minimum Gasteiger partial charge on any atom is -0.359 e. The van der Waals surface area contributed by atoms with Crippen molar-refractivity contribution in [1.82, 2.24) is 14.7 Å². The molecule has 0 unspecified atom stereocenters. The van der Waals surface area contributed by atoms with Crippen LogP contribution in [0.1, 0.15) is 15.9 Å². The number of hydrogen-bond acceptors (Lipinski definition) is 5. The number of aryl methyl sites for hydroxylation is 1. The maximum Gasteiger partial charge on any atom is 0.251 e. The summed E-state index contributed by atoms with van der Waals surface area (Å²) in [6.07, 6.45) is 0. The Kier molecular flexibility index (Phi) is 5.18. The minimum atomic E-state index is -0.0703. The van der Waals surface area contributed by atoms with Crippen LogP contribution in [-0.2, 0) is 0 Å². The molecule has 2 N–H and O–H groups in total. The monoisotopic (exact) mass is 338 g/mol. The Bertz CT molecular complexity index is 799. The average Bonchev–Trinajstić information content (AvgIpc) is 3.09. The SMILES string of the molecule is Cc1ccc(C(=O)NCCNc2nc(-c3ccccc3)ns2)cc1. The quantitative estimate of drug-likeness (QED) is 0.676. The largest absolute Gasteiger partial charge is 0.359 e. The molecule has 0 bridgehead atoms. The van der Waals surface area contributed by atoms with Gasteiger partial charge in [0, 0.05) is 35.7 Å². The highest BCUT2D eigenvalue weighted by Gasteiger charge is 2.06. The van der Waals surface area contributed by atoms with E-state index in [2.05, 4.69) is 20.0 Å². The number of nitrogens with zero attached hydrogens (tertiary/aromatic N) is 2. The lowest BCUT2D eigenvalue weighted by molar-refractivity contribution is 0.0955. The van der Waals surface area contributed by atoms with E-state index in [1.807, 2.05) is 61.5 Å². The first-order chi connectivity index (χ1) is 11.7. The van der Waals surface area contributed by atoms with Crippen molar-refractivity contribution < 1.29 is 4.79 Å². The fourth-order valence-corrected chi connectivity index (χ4v) is 2.77. The van der Waals surface area contributed by atoms with Gasteiger partial charge in [0.2, 0.25) is 5.13 Å². The van der Waals surface area contributed by atoms with Gasteiger partial charge in [0.1, 0.15) is 0 Å². The molecule has 0 aliphatic carbocycles. The van der Waals surface area contributed by atoms with Gasteiger partial charge >= 0.3 is 0 Å². The summed E-state index contributed by atoms with van der Waals surface area (Å²) in [5.41, 5.74) is 2.80. The van der Waals surface area contributed by atoms with Crippen molar-refractivity contribution in [3.05, 3.63) is 65.7 Å². The third kappa shape index (κ3) is 4.17. The number of aromatic nitrogens is 2. The summed E-state index contributed by atoms with van der Waals surface area (Å²) in [7, 11) is 0. The van der Waals surface area contributed by atoms with Crippen molar-refractivity contribution >= 4 is 22.6 Å². The van der Waals surface area contributed by atoms with Crippen LogP contribution in [0.15, 0.2) is 54.6 Å². The van der Waals surface area contributed by atoms with Crippen molar-refractivity contribution in [3.63, 3.8) is 0 Å². The second-order valence-corrected chi connectivity index (χ2v) is 6.09. The lowest BCUT2D eigenvalue weighted by atomic mass is 10.1. The van der Waals surface area contributed by atoms with Crippen molar-refractivity contribution in [2.45, 2.75) is 6.92 Å². The van der Waals surface area contributed by atoms with Crippen molar-refractivity contribution in [3.8, 4) is 11.4 Å². The van der Waals surface area contributed by atoms with Crippen molar-refractivity contribution in [1.29, 1.82) is 0 Å². The van der Waals surface area contributed by atoms with E-state index in [0.29, 0.717) is 24.5 Å². The van der Waals surface area contributed by atoms with Gasteiger partial charge in [-0.2, -0.15) is 9.36 Å². The normalized spacial score (nSPS) is 10.4. The number of anilines is 1. The van der Waals surface area contributed by atoms with Crippen LogP contribution in [0.2, 0.25) is 0 Å². The Morgan fingerprint density at radius 2 is 1.79 bits per heavy atom. The second-order valence-electron chi connectivity index (χ2n) is 5.34. The molecule has 5 nitrogen and oxygen atoms in total. The molecule has 0 fully saturated rings. The van der Waals surface area contributed by atoms with Crippen LogP contribution < -0.4 is 10.6 Å². The molecule has 0 radical (unpaired) electrons. The number of nitrogens with one attached hydrogen (secondary N) is 2. The Morgan fingerprint density at radius 3 is 2.54 bits per heavy atom. The third-order valence-electron chi connectivity index (χ3n) is 3.46. The predicted octanol–water partition coefficient (Wildman–Crippen LogP) is 3.36. The van der Waals surface area contributed by atoms with E-state index in [0.717, 1.165) is 16.3 Å². The lowest BCUT2D eigenvalue weighted by Gasteiger charge is -2.06. The summed E-state index contributed by atoms with van der Waals surface area (Å²) in [6.45, 7) is 3.12. The standard InChI is InChI=1S/C18H18N4OS/c1-13-7-9-15(10-8-13)17(23)19-11-12-20-18-21-16(22-24-18)14-5-3-2-4-6-14/h2-10H,11-12H2,1H3,(H,19,23)(H,20,21,22). The highest BCUT2D eigenvalue weighted by Crippen LogP contribution is 2.20. The van der Waals surface area contributed by atoms with Crippen molar-refractivity contribution in [2.24, 2.45) is 0 Å². The van der Waals surface area contributed by atoms with Crippen LogP contribution >= 0.6 is 11.5 Å². The first-order valence-corrected chi connectivity index (χ1v) is 8.47. The molecule has 0 aliphatic rings. The maximum absolute atomic E-state index is 12.0. The summed E-state index contributed by atoms with van der Waals surface area (Å²) in [4.78, 5) is 16.4. The van der Waals surface area contributed by atoms with Crippen LogP contribution in [0.25, 0.3) is 11.4 Å². The second kappa shape index (κ2) is 7.70. The van der Waals surface area contributed by atoms with Crippen LogP contribution in [0, 0.1) is 6.92 Å². The van der Waals surface area contributed by atoms with Crippen LogP contribution in [0.5, 0.6) is 0 Å². The van der Waals surface area contributed by atoms with E-state index >= 15 is 0 Å². The fraction of sp³-hybridized carbons (Fsp3) is 0.167. The Morgan fingerprint density at radius 1 is 1.04 bits per heavy atom. The van der Waals surface area contributed by atoms with Gasteiger partial charge in [0.15, 0.2) is 5.82 Å². The maximum atomic E-state index is 12.0. The Labute approximate surface area is 144 Å². The van der Waals surface area contributed by atoms with E-state index in [9.17, 15) is 4.79 Å². The number of rotatable bonds is 6. The summed E-state index contributed by atoms with van der Waals surface area (Å²) < 4.78 is 4.34. The molecule has 122 valence electrons. The van der Waals surface area contributed by atoms with Crippen LogP contribution in [-0.4, -0.2) is 28.4 Å². The molecule has 0 spiro atoms. The fourth-order valence-electron chi connectivity index (χ4n) is 2.15. The zero-order chi connectivity index (χ0) is 16.8. The molecule has 2 aromatic carbocycles. The first kappa shape index (κ1) is 16.1. The number of carbonyl (C=O) groups is 1. The van der Waals surface area contributed by atoms with Crippen molar-refractivity contribution in [2.75, 3.05) is 18.4 Å². The molecular formula is C18H18N4OS. The van der Waals surface area contributed by atoms with Crippen LogP contribution in [0.3, 0.4) is 0 Å². The Hall–Kier alpha value is -2.73. The van der Waals surface area contributed by atoms with Gasteiger partial charge in [-0.3, -0.25) is 4.79 Å². The third-order valence-corrected chi connectivity index (χ3v) is 4.13. The van der Waals surface area contributed by atoms with E-state index in [4.69, 9.17) is 0 Å². The zero-order valence-electron chi connectivity index (χ0n) is 13.3. The number of benzene rings is 2. The molecule has 0 atom stereocenters. The molecule has 0 saturated heterocycles. The first-order valence-electron chi connectivity index (χ1n) is 7.70. The smallest absolute Gasteiger partial charge is 0.251 e. The molecule has 1 heterocycles. The molecule has 1 aromatic heterocycles. The topological polar surface area (TPSA) is 66.9 Å². The minimum absolute atomic E-state index is 0.0703. The summed E-state index contributed by atoms with van der Waals surface area (Å²) in [6, 6.07) is 17.4. The molecule has 3 aromatic rings. The van der Waals surface area contributed by atoms with Gasteiger partial charge in [-0.15, -0.1) is 0 Å². The summed E-state index contributed by atoms with van der Waals surface area (Å²) in [5.74, 6) is 0.644. The average molecular weight is 338 g/mol. The molecule has 0 aliphatic heterocycles. The number of amides is 1. The van der Waals surface area contributed by atoms with Gasteiger partial charge in [-0.25, -0.2) is 0 Å². The predicted molar refractivity (Wildman–Crippen MR) is 97.3 cm³/mol. The van der Waals surface area contributed by atoms with Gasteiger partial charge in [-0.1, -0.05) is 48.0 Å². The summed E-state index contributed by atoms with van der Waals surface area (Å²) >= 11 is 1.32. The molecule has 1 amide bonds. The van der Waals surface area contributed by atoms with Gasteiger partial charge in [0.05, 0.1) is 0 Å². The van der Waals surface area contributed by atoms with E-state index < -0.39 is 0 Å². The Balaban J connectivity index is 1.46. The molecule has 0 saturated carbocycles. The van der Waals surface area contributed by atoms with Gasteiger partial charge < -0.3 is 10.6 Å². The number of hydrogen-bond donors (Lipinski definition) is 2. The van der Waals surface area contributed by atoms with E-state index in [-0.39, 0.29) is 5.91 Å². The number of carbonyl (C=O) groups excluding carboxylic acids is 1. The highest BCUT2D eigenvalue weighted by atomic mass is 32.1. The van der Waals surface area contributed by atoms with E-state index in [1.165, 1.54) is 11.5 Å². The summed E-state index contributed by atoms with van der Waals surface area (Å²) in [5, 5.41) is 6.81. The molecule has 24 heavy (non-hydrogen) atoms. The zero-order valence-corrected chi connectivity index (χ0v) is 14.1. The lowest BCUT2D eigenvalue weighted by Crippen LogP contribution is -2.28. The van der Waals surface area contributed by atoms with E-state index in [1.54, 1.807) is 0 Å². The van der Waals surface area contributed by atoms with Crippen LogP contribution in [0.4, 0.5) is 5.13 Å². The molecule has 3 rings (SSSR count).